The fourth-order valence-electron chi connectivity index (χ4n) is 4.35. The Morgan fingerprint density at radius 1 is 0.973 bits per heavy atom. The molecule has 0 saturated carbocycles. The second-order valence-corrected chi connectivity index (χ2v) is 9.86. The molecule has 0 spiro atoms. The number of benzene rings is 3. The van der Waals surface area contributed by atoms with Gasteiger partial charge in [0, 0.05) is 57.0 Å². The zero-order chi connectivity index (χ0) is 24.9. The first-order chi connectivity index (χ1) is 17.5. The van der Waals surface area contributed by atoms with Crippen LogP contribution in [0.5, 0.6) is 0 Å². The molecule has 1 N–H and O–H groups in total. The summed E-state index contributed by atoms with van der Waals surface area (Å²) >= 11 is 1.49. The lowest BCUT2D eigenvalue weighted by molar-refractivity contribution is -0.384. The summed E-state index contributed by atoms with van der Waals surface area (Å²) in [5.74, 6) is -0.0523. The van der Waals surface area contributed by atoms with Gasteiger partial charge in [-0.3, -0.25) is 19.8 Å². The Morgan fingerprint density at radius 3 is 2.38 bits per heavy atom. The molecule has 1 aliphatic rings. The largest absolute Gasteiger partial charge is 0.351 e. The summed E-state index contributed by atoms with van der Waals surface area (Å²) in [6, 6.07) is 22.9. The van der Waals surface area contributed by atoms with E-state index in [1.54, 1.807) is 12.1 Å². The number of fused-ring (bicyclic) bond motifs is 1. The molecule has 4 aromatic rings. The number of thiazole rings is 1. The quantitative estimate of drug-likeness (QED) is 0.257. The van der Waals surface area contributed by atoms with E-state index in [0.717, 1.165) is 54.5 Å². The van der Waals surface area contributed by atoms with Gasteiger partial charge in [0.15, 0.2) is 5.13 Å². The highest BCUT2D eigenvalue weighted by Crippen LogP contribution is 2.31. The van der Waals surface area contributed by atoms with Crippen LogP contribution in [0, 0.1) is 10.1 Å². The van der Waals surface area contributed by atoms with Crippen molar-refractivity contribution < 1.29 is 9.72 Å². The molecule has 1 aliphatic heterocycles. The standard InChI is InChI=1S/C27H27N5O3S.ClH/c33-26(22-8-6-21(7-9-22)18-20-4-2-1-3-5-20)28-12-13-30-14-16-31(17-15-30)27-29-24-11-10-23(32(34)35)19-25(24)36-27;/h1-11,19H,12-18H2,(H,28,33);1H. The molecule has 1 saturated heterocycles. The van der Waals surface area contributed by atoms with E-state index in [-0.39, 0.29) is 28.9 Å². The summed E-state index contributed by atoms with van der Waals surface area (Å²) in [6.07, 6.45) is 0.853. The Kier molecular flexibility index (Phi) is 8.70. The van der Waals surface area contributed by atoms with Crippen LogP contribution in [-0.4, -0.2) is 60.0 Å². The van der Waals surface area contributed by atoms with Crippen LogP contribution in [0.2, 0.25) is 0 Å². The number of aromatic nitrogens is 1. The molecule has 0 bridgehead atoms. The minimum absolute atomic E-state index is 0. The number of amides is 1. The van der Waals surface area contributed by atoms with Crippen LogP contribution in [0.3, 0.4) is 0 Å². The van der Waals surface area contributed by atoms with Crippen molar-refractivity contribution in [2.75, 3.05) is 44.2 Å². The van der Waals surface area contributed by atoms with Gasteiger partial charge in [0.05, 0.1) is 15.1 Å². The molecule has 0 aliphatic carbocycles. The number of nitrogens with one attached hydrogen (secondary N) is 1. The van der Waals surface area contributed by atoms with Gasteiger partial charge in [0.25, 0.3) is 11.6 Å². The highest BCUT2D eigenvalue weighted by Gasteiger charge is 2.20. The minimum atomic E-state index is -0.378. The van der Waals surface area contributed by atoms with Crippen molar-refractivity contribution in [1.29, 1.82) is 0 Å². The average Bonchev–Trinajstić information content (AvgIpc) is 3.33. The number of carbonyl (C=O) groups excluding carboxylic acids is 1. The van der Waals surface area contributed by atoms with Gasteiger partial charge in [-0.2, -0.15) is 0 Å². The summed E-state index contributed by atoms with van der Waals surface area (Å²) in [4.78, 5) is 32.4. The molecule has 1 amide bonds. The summed E-state index contributed by atoms with van der Waals surface area (Å²) in [6.45, 7) is 4.80. The molecule has 5 rings (SSSR count). The van der Waals surface area contributed by atoms with E-state index in [1.807, 2.05) is 42.5 Å². The van der Waals surface area contributed by atoms with Crippen LogP contribution < -0.4 is 10.2 Å². The first-order valence-electron chi connectivity index (χ1n) is 12.0. The van der Waals surface area contributed by atoms with Gasteiger partial charge in [-0.15, -0.1) is 12.4 Å². The lowest BCUT2D eigenvalue weighted by Crippen LogP contribution is -2.48. The molecule has 37 heavy (non-hydrogen) atoms. The molecule has 8 nitrogen and oxygen atoms in total. The first-order valence-corrected chi connectivity index (χ1v) is 12.8. The van der Waals surface area contributed by atoms with Gasteiger partial charge < -0.3 is 10.2 Å². The molecule has 192 valence electrons. The van der Waals surface area contributed by atoms with E-state index in [2.05, 4.69) is 32.2 Å². The van der Waals surface area contributed by atoms with Crippen molar-refractivity contribution in [3.63, 3.8) is 0 Å². The SMILES string of the molecule is Cl.O=C(NCCN1CCN(c2nc3ccc([N+](=O)[O-])cc3s2)CC1)c1ccc(Cc2ccccc2)cc1. The normalized spacial score (nSPS) is 13.8. The van der Waals surface area contributed by atoms with Gasteiger partial charge in [-0.1, -0.05) is 53.8 Å². The number of non-ortho nitro benzene ring substituents is 1. The molecule has 2 heterocycles. The number of nitro benzene ring substituents is 1. The first kappa shape index (κ1) is 26.5. The van der Waals surface area contributed by atoms with E-state index < -0.39 is 0 Å². The van der Waals surface area contributed by atoms with Gasteiger partial charge in [0.2, 0.25) is 0 Å². The van der Waals surface area contributed by atoms with Crippen molar-refractivity contribution in [3.8, 4) is 0 Å². The second-order valence-electron chi connectivity index (χ2n) is 8.85. The Hall–Kier alpha value is -3.53. The fourth-order valence-corrected chi connectivity index (χ4v) is 5.40. The maximum Gasteiger partial charge on any atom is 0.270 e. The van der Waals surface area contributed by atoms with Crippen LogP contribution in [0.4, 0.5) is 10.8 Å². The number of hydrogen-bond donors (Lipinski definition) is 1. The number of carbonyl (C=O) groups is 1. The highest BCUT2D eigenvalue weighted by atomic mass is 35.5. The molecule has 3 aromatic carbocycles. The van der Waals surface area contributed by atoms with E-state index in [9.17, 15) is 14.9 Å². The number of piperazine rings is 1. The number of hydrogen-bond acceptors (Lipinski definition) is 7. The number of nitrogens with zero attached hydrogens (tertiary/aromatic N) is 4. The molecule has 0 unspecified atom stereocenters. The number of halogens is 1. The minimum Gasteiger partial charge on any atom is -0.351 e. The number of anilines is 1. The zero-order valence-corrected chi connectivity index (χ0v) is 21.8. The Morgan fingerprint density at radius 2 is 1.68 bits per heavy atom. The molecular formula is C27H28ClN5O3S. The average molecular weight is 538 g/mol. The molecular weight excluding hydrogens is 510 g/mol. The number of nitro groups is 1. The van der Waals surface area contributed by atoms with E-state index >= 15 is 0 Å². The molecule has 0 atom stereocenters. The van der Waals surface area contributed by atoms with E-state index in [4.69, 9.17) is 0 Å². The predicted molar refractivity (Wildman–Crippen MR) is 150 cm³/mol. The summed E-state index contributed by atoms with van der Waals surface area (Å²) < 4.78 is 0.831. The fraction of sp³-hybridized carbons (Fsp3) is 0.259. The van der Waals surface area contributed by atoms with E-state index in [1.165, 1.54) is 28.5 Å². The second kappa shape index (κ2) is 12.1. The third-order valence-electron chi connectivity index (χ3n) is 6.40. The Labute approximate surface area is 225 Å². The van der Waals surface area contributed by atoms with Crippen molar-refractivity contribution in [2.45, 2.75) is 6.42 Å². The third-order valence-corrected chi connectivity index (χ3v) is 7.47. The van der Waals surface area contributed by atoms with Gasteiger partial charge in [-0.05, 0) is 35.7 Å². The molecule has 10 heteroatoms. The summed E-state index contributed by atoms with van der Waals surface area (Å²) in [7, 11) is 0. The van der Waals surface area contributed by atoms with Crippen LogP contribution in [0.15, 0.2) is 72.8 Å². The number of rotatable bonds is 8. The summed E-state index contributed by atoms with van der Waals surface area (Å²) in [5.41, 5.74) is 3.99. The highest BCUT2D eigenvalue weighted by molar-refractivity contribution is 7.22. The van der Waals surface area contributed by atoms with Crippen LogP contribution in [-0.2, 0) is 6.42 Å². The smallest absolute Gasteiger partial charge is 0.270 e. The lowest BCUT2D eigenvalue weighted by atomic mass is 10.0. The Balaban J connectivity index is 0.00000320. The van der Waals surface area contributed by atoms with Crippen LogP contribution in [0.25, 0.3) is 10.2 Å². The maximum absolute atomic E-state index is 12.6. The third kappa shape index (κ3) is 6.62. The topological polar surface area (TPSA) is 91.6 Å². The van der Waals surface area contributed by atoms with Crippen LogP contribution >= 0.6 is 23.7 Å². The van der Waals surface area contributed by atoms with Gasteiger partial charge in [-0.25, -0.2) is 4.98 Å². The van der Waals surface area contributed by atoms with Gasteiger partial charge >= 0.3 is 0 Å². The van der Waals surface area contributed by atoms with Crippen molar-refractivity contribution in [1.82, 2.24) is 15.2 Å². The van der Waals surface area contributed by atoms with E-state index in [0.29, 0.717) is 12.1 Å². The molecule has 0 radical (unpaired) electrons. The Bertz CT molecular complexity index is 1360. The van der Waals surface area contributed by atoms with Gasteiger partial charge in [0.1, 0.15) is 0 Å². The lowest BCUT2D eigenvalue weighted by Gasteiger charge is -2.34. The predicted octanol–water partition coefficient (Wildman–Crippen LogP) is 4.77. The monoisotopic (exact) mass is 537 g/mol. The molecule has 1 fully saturated rings. The van der Waals surface area contributed by atoms with Crippen LogP contribution in [0.1, 0.15) is 21.5 Å². The van der Waals surface area contributed by atoms with Crippen molar-refractivity contribution in [2.24, 2.45) is 0 Å². The van der Waals surface area contributed by atoms with Crippen molar-refractivity contribution >= 4 is 50.7 Å². The van der Waals surface area contributed by atoms with Crippen molar-refractivity contribution in [3.05, 3.63) is 99.6 Å². The summed E-state index contributed by atoms with van der Waals surface area (Å²) in [5, 5.41) is 14.9. The molecule has 1 aromatic heterocycles. The zero-order valence-electron chi connectivity index (χ0n) is 20.2. The maximum atomic E-state index is 12.6.